The average Bonchev–Trinajstić information content (AvgIpc) is 2.71. The Morgan fingerprint density at radius 1 is 1.21 bits per heavy atom. The lowest BCUT2D eigenvalue weighted by atomic mass is 10.1. The highest BCUT2D eigenvalue weighted by atomic mass is 16.5. The van der Waals surface area contributed by atoms with Gasteiger partial charge < -0.3 is 24.6 Å². The zero-order valence-electron chi connectivity index (χ0n) is 17.5. The lowest BCUT2D eigenvalue weighted by molar-refractivity contribution is -0.119. The van der Waals surface area contributed by atoms with Gasteiger partial charge in [0.1, 0.15) is 17.6 Å². The Balaban J connectivity index is 1.98. The molecule has 8 heteroatoms. The molecular weight excluding hydrogens is 372 g/mol. The number of hydrogen-bond acceptors (Lipinski definition) is 7. The molecule has 1 amide bonds. The molecule has 0 radical (unpaired) electrons. The first-order valence-corrected chi connectivity index (χ1v) is 9.38. The summed E-state index contributed by atoms with van der Waals surface area (Å²) < 4.78 is 10.2. The van der Waals surface area contributed by atoms with Crippen molar-refractivity contribution in [1.82, 2.24) is 4.98 Å². The van der Waals surface area contributed by atoms with Crippen LogP contribution in [0.25, 0.3) is 0 Å². The topological polar surface area (TPSA) is 84.0 Å². The molecule has 0 aliphatic carbocycles. The number of ether oxygens (including phenoxy) is 2. The molecule has 0 unspecified atom stereocenters. The molecule has 154 valence electrons. The number of methoxy groups -OCH3 is 2. The van der Waals surface area contributed by atoms with Gasteiger partial charge in [0.05, 0.1) is 31.2 Å². The van der Waals surface area contributed by atoms with Crippen LogP contribution < -0.4 is 19.9 Å². The van der Waals surface area contributed by atoms with E-state index in [-0.39, 0.29) is 18.0 Å². The molecule has 1 aliphatic rings. The van der Waals surface area contributed by atoms with Crippen molar-refractivity contribution in [1.29, 1.82) is 0 Å². The number of benzene rings is 1. The molecular formula is C21H26N4O4. The van der Waals surface area contributed by atoms with Crippen LogP contribution in [0.15, 0.2) is 30.3 Å². The molecule has 1 atom stereocenters. The van der Waals surface area contributed by atoms with Crippen LogP contribution in [-0.2, 0) is 9.53 Å². The molecule has 0 saturated carbocycles. The highest BCUT2D eigenvalue weighted by Crippen LogP contribution is 2.37. The second-order valence-electron chi connectivity index (χ2n) is 7.15. The Hall–Kier alpha value is -3.29. The number of anilines is 4. The minimum absolute atomic E-state index is 0.0359. The first kappa shape index (κ1) is 20.4. The number of fused-ring (bicyclic) bond motifs is 1. The molecule has 1 aliphatic heterocycles. The van der Waals surface area contributed by atoms with Crippen molar-refractivity contribution >= 4 is 34.9 Å². The number of aromatic nitrogens is 1. The van der Waals surface area contributed by atoms with Gasteiger partial charge in [-0.25, -0.2) is 9.78 Å². The number of carbonyl (C=O) groups excluding carboxylic acids is 2. The van der Waals surface area contributed by atoms with E-state index in [0.29, 0.717) is 22.8 Å². The van der Waals surface area contributed by atoms with Crippen LogP contribution in [0.2, 0.25) is 0 Å². The van der Waals surface area contributed by atoms with E-state index in [1.807, 2.05) is 37.8 Å². The van der Waals surface area contributed by atoms with Gasteiger partial charge in [0.15, 0.2) is 5.82 Å². The maximum atomic E-state index is 12.6. The molecule has 0 fully saturated rings. The average molecular weight is 398 g/mol. The first-order valence-electron chi connectivity index (χ1n) is 9.38. The van der Waals surface area contributed by atoms with Crippen molar-refractivity contribution in [2.45, 2.75) is 32.9 Å². The number of carbonyl (C=O) groups is 2. The van der Waals surface area contributed by atoms with Gasteiger partial charge in [0, 0.05) is 13.1 Å². The van der Waals surface area contributed by atoms with Crippen molar-refractivity contribution in [2.75, 3.05) is 36.4 Å². The predicted molar refractivity (Wildman–Crippen MR) is 112 cm³/mol. The number of hydrogen-bond donors (Lipinski definition) is 1. The monoisotopic (exact) mass is 398 g/mol. The quantitative estimate of drug-likeness (QED) is 0.774. The number of rotatable bonds is 5. The predicted octanol–water partition coefficient (Wildman–Crippen LogP) is 3.20. The minimum atomic E-state index is -0.434. The molecule has 8 nitrogen and oxygen atoms in total. The van der Waals surface area contributed by atoms with Crippen LogP contribution in [0.3, 0.4) is 0 Å². The van der Waals surface area contributed by atoms with Crippen LogP contribution in [0.5, 0.6) is 5.75 Å². The van der Waals surface area contributed by atoms with Gasteiger partial charge in [-0.2, -0.15) is 0 Å². The van der Waals surface area contributed by atoms with Gasteiger partial charge in [-0.15, -0.1) is 0 Å². The number of amides is 1. The fourth-order valence-corrected chi connectivity index (χ4v) is 3.53. The van der Waals surface area contributed by atoms with E-state index in [2.05, 4.69) is 5.32 Å². The van der Waals surface area contributed by atoms with Crippen molar-refractivity contribution in [3.8, 4) is 5.75 Å². The number of nitrogens with one attached hydrogen (secondary N) is 1. The Morgan fingerprint density at radius 3 is 2.55 bits per heavy atom. The van der Waals surface area contributed by atoms with Crippen LogP contribution in [0, 0.1) is 0 Å². The summed E-state index contributed by atoms with van der Waals surface area (Å²) >= 11 is 0. The molecule has 1 aromatic heterocycles. The molecule has 3 rings (SSSR count). The first-order chi connectivity index (χ1) is 13.8. The third kappa shape index (κ3) is 3.70. The number of pyridine rings is 1. The Morgan fingerprint density at radius 2 is 1.93 bits per heavy atom. The normalized spacial score (nSPS) is 16.0. The SMILES string of the molecule is COC(=O)c1ccc(Nc2ccc3c(n2)N(C(C)C)[C@H](C)C(=O)N3C)c(OC)c1. The van der Waals surface area contributed by atoms with Crippen molar-refractivity contribution in [3.63, 3.8) is 0 Å². The second kappa shape index (κ2) is 7.98. The van der Waals surface area contributed by atoms with Gasteiger partial charge in [0.25, 0.3) is 0 Å². The molecule has 0 saturated heterocycles. The number of likely N-dealkylation sites (N-methyl/N-ethyl adjacent to an activating group) is 1. The molecule has 0 bridgehead atoms. The molecule has 0 spiro atoms. The van der Waals surface area contributed by atoms with E-state index >= 15 is 0 Å². The van der Waals surface area contributed by atoms with Crippen LogP contribution in [0.4, 0.5) is 23.0 Å². The summed E-state index contributed by atoms with van der Waals surface area (Å²) in [4.78, 5) is 32.7. The Labute approximate surface area is 170 Å². The summed E-state index contributed by atoms with van der Waals surface area (Å²) in [6.45, 7) is 5.96. The molecule has 2 aromatic rings. The lowest BCUT2D eigenvalue weighted by Crippen LogP contribution is -2.53. The van der Waals surface area contributed by atoms with E-state index in [9.17, 15) is 9.59 Å². The van der Waals surface area contributed by atoms with E-state index < -0.39 is 5.97 Å². The molecule has 2 heterocycles. The Bertz CT molecular complexity index is 944. The maximum Gasteiger partial charge on any atom is 0.337 e. The van der Waals surface area contributed by atoms with Crippen molar-refractivity contribution in [3.05, 3.63) is 35.9 Å². The van der Waals surface area contributed by atoms with Crippen LogP contribution in [0.1, 0.15) is 31.1 Å². The van der Waals surface area contributed by atoms with Crippen molar-refractivity contribution in [2.24, 2.45) is 0 Å². The van der Waals surface area contributed by atoms with E-state index in [4.69, 9.17) is 14.5 Å². The smallest absolute Gasteiger partial charge is 0.337 e. The summed E-state index contributed by atoms with van der Waals surface area (Å²) in [6, 6.07) is 8.50. The van der Waals surface area contributed by atoms with Gasteiger partial charge in [-0.1, -0.05) is 0 Å². The van der Waals surface area contributed by atoms with Gasteiger partial charge in [-0.05, 0) is 51.1 Å². The summed E-state index contributed by atoms with van der Waals surface area (Å²) in [7, 11) is 4.63. The number of nitrogens with zero attached hydrogens (tertiary/aromatic N) is 3. The lowest BCUT2D eigenvalue weighted by Gasteiger charge is -2.41. The highest BCUT2D eigenvalue weighted by molar-refractivity contribution is 6.04. The van der Waals surface area contributed by atoms with E-state index in [1.54, 1.807) is 30.1 Å². The molecule has 1 aromatic carbocycles. The summed E-state index contributed by atoms with van der Waals surface area (Å²) in [5, 5.41) is 3.24. The standard InChI is InChI=1S/C21H26N4O4/c1-12(2)25-13(3)20(26)24(4)16-9-10-18(23-19(16)25)22-15-8-7-14(21(27)29-6)11-17(15)28-5/h7-13H,1-6H3,(H,22,23)/t13-/m1/s1. The van der Waals surface area contributed by atoms with Crippen LogP contribution >= 0.6 is 0 Å². The van der Waals surface area contributed by atoms with Gasteiger partial charge in [-0.3, -0.25) is 4.79 Å². The summed E-state index contributed by atoms with van der Waals surface area (Å²) in [5.74, 6) is 1.44. The fraction of sp³-hybridized carbons (Fsp3) is 0.381. The minimum Gasteiger partial charge on any atom is -0.495 e. The molecule has 29 heavy (non-hydrogen) atoms. The van der Waals surface area contributed by atoms with E-state index in [0.717, 1.165) is 11.5 Å². The molecule has 1 N–H and O–H groups in total. The van der Waals surface area contributed by atoms with E-state index in [1.165, 1.54) is 14.2 Å². The third-order valence-corrected chi connectivity index (χ3v) is 5.01. The van der Waals surface area contributed by atoms with Crippen molar-refractivity contribution < 1.29 is 19.1 Å². The summed E-state index contributed by atoms with van der Waals surface area (Å²) in [5.41, 5.74) is 1.82. The zero-order valence-corrected chi connectivity index (χ0v) is 17.5. The Kier molecular flexibility index (Phi) is 5.63. The fourth-order valence-electron chi connectivity index (χ4n) is 3.53. The summed E-state index contributed by atoms with van der Waals surface area (Å²) in [6.07, 6.45) is 0. The largest absolute Gasteiger partial charge is 0.495 e. The second-order valence-corrected chi connectivity index (χ2v) is 7.15. The number of esters is 1. The third-order valence-electron chi connectivity index (χ3n) is 5.01. The van der Waals surface area contributed by atoms with Crippen LogP contribution in [-0.4, -0.2) is 50.2 Å². The maximum absolute atomic E-state index is 12.6. The van der Waals surface area contributed by atoms with Gasteiger partial charge >= 0.3 is 5.97 Å². The highest BCUT2D eigenvalue weighted by Gasteiger charge is 2.36. The zero-order chi connectivity index (χ0) is 21.3. The van der Waals surface area contributed by atoms with Gasteiger partial charge in [0.2, 0.25) is 5.91 Å².